The Morgan fingerprint density at radius 1 is 1.09 bits per heavy atom. The maximum absolute atomic E-state index is 12.8. The monoisotopic (exact) mass is 477 g/mol. The minimum absolute atomic E-state index is 0.0775. The Kier molecular flexibility index (Phi) is 7.84. The number of nitro groups is 1. The molecule has 0 aliphatic heterocycles. The van der Waals surface area contributed by atoms with E-state index in [9.17, 15) is 25.0 Å². The molecule has 0 bridgehead atoms. The van der Waals surface area contributed by atoms with Crippen molar-refractivity contribution in [3.05, 3.63) is 88.0 Å². The average molecular weight is 477 g/mol. The van der Waals surface area contributed by atoms with Gasteiger partial charge in [0.1, 0.15) is 11.8 Å². The number of nitrogens with one attached hydrogen (secondary N) is 1. The lowest BCUT2D eigenvalue weighted by atomic mass is 10.2. The first-order valence-electron chi connectivity index (χ1n) is 9.94. The molecule has 0 saturated carbocycles. The van der Waals surface area contributed by atoms with Gasteiger partial charge in [0.05, 0.1) is 28.8 Å². The largest absolute Gasteiger partial charge is 0.495 e. The first kappa shape index (κ1) is 24.3. The Balaban J connectivity index is 1.75. The van der Waals surface area contributed by atoms with Gasteiger partial charge in [-0.15, -0.1) is 0 Å². The van der Waals surface area contributed by atoms with Gasteiger partial charge in [-0.05, 0) is 37.3 Å². The van der Waals surface area contributed by atoms with Gasteiger partial charge in [-0.1, -0.05) is 36.0 Å². The maximum Gasteiger partial charge on any atom is 0.340 e. The number of esters is 1. The number of nitro benzene ring substituents is 1. The van der Waals surface area contributed by atoms with Gasteiger partial charge in [-0.2, -0.15) is 5.26 Å². The van der Waals surface area contributed by atoms with Gasteiger partial charge in [-0.25, -0.2) is 4.79 Å². The minimum Gasteiger partial charge on any atom is -0.495 e. The molecule has 0 aliphatic carbocycles. The quantitative estimate of drug-likeness (QED) is 0.278. The predicted molar refractivity (Wildman–Crippen MR) is 125 cm³/mol. The zero-order valence-electron chi connectivity index (χ0n) is 18.2. The third-order valence-electron chi connectivity index (χ3n) is 4.64. The second-order valence-corrected chi connectivity index (χ2v) is 7.97. The van der Waals surface area contributed by atoms with Gasteiger partial charge >= 0.3 is 5.97 Å². The van der Waals surface area contributed by atoms with Gasteiger partial charge < -0.3 is 14.8 Å². The van der Waals surface area contributed by atoms with Crippen LogP contribution in [0.1, 0.15) is 22.8 Å². The van der Waals surface area contributed by atoms with E-state index in [0.29, 0.717) is 15.4 Å². The third kappa shape index (κ3) is 5.70. The molecule has 1 atom stereocenters. The van der Waals surface area contributed by atoms with E-state index in [0.717, 1.165) is 6.07 Å². The van der Waals surface area contributed by atoms with Crippen molar-refractivity contribution in [2.24, 2.45) is 0 Å². The summed E-state index contributed by atoms with van der Waals surface area (Å²) in [7, 11) is 1.36. The number of ether oxygens (including phenoxy) is 2. The normalized spacial score (nSPS) is 11.1. The predicted octanol–water partition coefficient (Wildman–Crippen LogP) is 4.81. The summed E-state index contributed by atoms with van der Waals surface area (Å²) in [4.78, 5) is 37.2. The molecule has 9 nitrogen and oxygen atoms in total. The van der Waals surface area contributed by atoms with Crippen LogP contribution in [-0.2, 0) is 9.53 Å². The Bertz CT molecular complexity index is 1290. The highest BCUT2D eigenvalue weighted by Gasteiger charge is 2.23. The number of non-ortho nitro benzene ring substituents is 1. The van der Waals surface area contributed by atoms with Crippen molar-refractivity contribution in [2.75, 3.05) is 12.4 Å². The Hall–Kier alpha value is -4.36. The molecule has 0 fully saturated rings. The van der Waals surface area contributed by atoms with Crippen molar-refractivity contribution in [3.63, 3.8) is 0 Å². The number of nitriles is 1. The summed E-state index contributed by atoms with van der Waals surface area (Å²) < 4.78 is 10.5. The number of nitrogens with zero attached hydrogens (tertiary/aromatic N) is 2. The summed E-state index contributed by atoms with van der Waals surface area (Å²) >= 11 is 1.24. The van der Waals surface area contributed by atoms with Gasteiger partial charge in [0.2, 0.25) is 0 Å². The summed E-state index contributed by atoms with van der Waals surface area (Å²) in [5.41, 5.74) is 0.542. The van der Waals surface area contributed by atoms with E-state index in [-0.39, 0.29) is 22.7 Å². The Labute approximate surface area is 199 Å². The van der Waals surface area contributed by atoms with Crippen LogP contribution < -0.4 is 10.1 Å². The van der Waals surface area contributed by atoms with Gasteiger partial charge in [0.25, 0.3) is 11.6 Å². The van der Waals surface area contributed by atoms with Crippen molar-refractivity contribution in [1.82, 2.24) is 0 Å². The summed E-state index contributed by atoms with van der Waals surface area (Å²) in [6.07, 6.45) is -1.21. The fourth-order valence-electron chi connectivity index (χ4n) is 2.91. The van der Waals surface area contributed by atoms with Gasteiger partial charge in [0.15, 0.2) is 6.10 Å². The number of anilines is 1. The molecule has 10 heteroatoms. The molecule has 0 aliphatic rings. The molecule has 3 aromatic rings. The van der Waals surface area contributed by atoms with Crippen molar-refractivity contribution in [2.45, 2.75) is 22.8 Å². The second kappa shape index (κ2) is 11.0. The number of amides is 1. The van der Waals surface area contributed by atoms with Crippen LogP contribution in [0.25, 0.3) is 0 Å². The van der Waals surface area contributed by atoms with E-state index in [2.05, 4.69) is 11.4 Å². The smallest absolute Gasteiger partial charge is 0.340 e. The standard InChI is InChI=1S/C24H19N3O6S/c1-15(23(28)26-19-13-17(27(30)31)11-12-20(19)32-2)33-24(29)18-8-4-6-10-22(18)34-21-9-5-3-7-16(21)14-25/h3-13,15H,1-2H3,(H,26,28). The SMILES string of the molecule is COc1ccc([N+](=O)[O-])cc1NC(=O)C(C)OC(=O)c1ccccc1Sc1ccccc1C#N. The first-order chi connectivity index (χ1) is 16.3. The number of hydrogen-bond acceptors (Lipinski definition) is 8. The van der Waals surface area contributed by atoms with Crippen molar-refractivity contribution in [3.8, 4) is 11.8 Å². The lowest BCUT2D eigenvalue weighted by Crippen LogP contribution is -2.30. The molecule has 172 valence electrons. The van der Waals surface area contributed by atoms with Crippen LogP contribution in [-0.4, -0.2) is 30.0 Å². The highest BCUT2D eigenvalue weighted by Crippen LogP contribution is 2.33. The molecule has 1 amide bonds. The summed E-state index contributed by atoms with van der Waals surface area (Å²) in [6, 6.07) is 19.6. The van der Waals surface area contributed by atoms with Crippen LogP contribution in [0.3, 0.4) is 0 Å². The van der Waals surface area contributed by atoms with Crippen LogP contribution in [0.15, 0.2) is 76.5 Å². The fourth-order valence-corrected chi connectivity index (χ4v) is 3.92. The molecule has 3 rings (SSSR count). The van der Waals surface area contributed by atoms with Crippen LogP contribution in [0.4, 0.5) is 11.4 Å². The number of methoxy groups -OCH3 is 1. The molecule has 0 spiro atoms. The van der Waals surface area contributed by atoms with E-state index in [1.807, 2.05) is 0 Å². The van der Waals surface area contributed by atoms with Crippen LogP contribution in [0, 0.1) is 21.4 Å². The maximum atomic E-state index is 12.8. The van der Waals surface area contributed by atoms with Crippen LogP contribution in [0.2, 0.25) is 0 Å². The first-order valence-corrected chi connectivity index (χ1v) is 10.8. The number of carbonyl (C=O) groups excluding carboxylic acids is 2. The lowest BCUT2D eigenvalue weighted by molar-refractivity contribution is -0.384. The van der Waals surface area contributed by atoms with Crippen molar-refractivity contribution >= 4 is 35.0 Å². The molecule has 0 saturated heterocycles. The summed E-state index contributed by atoms with van der Waals surface area (Å²) in [6.45, 7) is 1.39. The van der Waals surface area contributed by atoms with Crippen molar-refractivity contribution in [1.29, 1.82) is 5.26 Å². The molecule has 0 aromatic heterocycles. The summed E-state index contributed by atoms with van der Waals surface area (Å²) in [5.74, 6) is -1.20. The van der Waals surface area contributed by atoms with E-state index in [4.69, 9.17) is 9.47 Å². The second-order valence-electron chi connectivity index (χ2n) is 6.88. The van der Waals surface area contributed by atoms with E-state index < -0.39 is 22.9 Å². The van der Waals surface area contributed by atoms with Gasteiger partial charge in [-0.3, -0.25) is 14.9 Å². The molecule has 1 N–H and O–H groups in total. The van der Waals surface area contributed by atoms with Crippen LogP contribution in [0.5, 0.6) is 5.75 Å². The van der Waals surface area contributed by atoms with E-state index >= 15 is 0 Å². The number of benzene rings is 3. The summed E-state index contributed by atoms with van der Waals surface area (Å²) in [5, 5.41) is 22.9. The zero-order valence-corrected chi connectivity index (χ0v) is 19.0. The average Bonchev–Trinajstić information content (AvgIpc) is 2.84. The number of rotatable bonds is 8. The Morgan fingerprint density at radius 3 is 2.44 bits per heavy atom. The Morgan fingerprint density at radius 2 is 1.76 bits per heavy atom. The molecule has 0 radical (unpaired) electrons. The number of hydrogen-bond donors (Lipinski definition) is 1. The van der Waals surface area contributed by atoms with E-state index in [1.54, 1.807) is 48.5 Å². The topological polar surface area (TPSA) is 132 Å². The highest BCUT2D eigenvalue weighted by molar-refractivity contribution is 7.99. The van der Waals surface area contributed by atoms with Crippen molar-refractivity contribution < 1.29 is 24.0 Å². The fraction of sp³-hybridized carbons (Fsp3) is 0.125. The lowest BCUT2D eigenvalue weighted by Gasteiger charge is -2.16. The van der Waals surface area contributed by atoms with Gasteiger partial charge in [0, 0.05) is 21.9 Å². The zero-order chi connectivity index (χ0) is 24.7. The minimum atomic E-state index is -1.21. The molecule has 3 aromatic carbocycles. The molecule has 0 heterocycles. The molecular formula is C24H19N3O6S. The van der Waals surface area contributed by atoms with E-state index in [1.165, 1.54) is 37.9 Å². The third-order valence-corrected chi connectivity index (χ3v) is 5.79. The molecule has 1 unspecified atom stereocenters. The molecular weight excluding hydrogens is 458 g/mol. The molecule has 34 heavy (non-hydrogen) atoms. The highest BCUT2D eigenvalue weighted by atomic mass is 32.2. The number of carbonyl (C=O) groups is 2. The van der Waals surface area contributed by atoms with Crippen LogP contribution >= 0.6 is 11.8 Å².